The molecule has 21 heavy (non-hydrogen) atoms. The average Bonchev–Trinajstić information content (AvgIpc) is 2.44. The molecule has 0 aromatic carbocycles. The van der Waals surface area contributed by atoms with Crippen LogP contribution in [0.4, 0.5) is 0 Å². The predicted molar refractivity (Wildman–Crippen MR) is 84.8 cm³/mol. The molecule has 1 atom stereocenters. The molecule has 0 bridgehead atoms. The second kappa shape index (κ2) is 7.76. The number of ether oxygens (including phenoxy) is 2. The summed E-state index contributed by atoms with van der Waals surface area (Å²) < 4.78 is 11.7. The first-order chi connectivity index (χ1) is 10.1. The third kappa shape index (κ3) is 4.97. The summed E-state index contributed by atoms with van der Waals surface area (Å²) in [4.78, 5) is 4.58. The standard InChI is InChI=1S/C17H28N2O2/c1-12(2)18-10-16-13(3)9-14(4)19-17(16)21-11-15-7-5-6-8-20-15/h9,12,15,18H,5-8,10-11H2,1-4H3. The molecule has 0 spiro atoms. The van der Waals surface area contributed by atoms with E-state index >= 15 is 0 Å². The minimum absolute atomic E-state index is 0.215. The van der Waals surface area contributed by atoms with E-state index in [0.717, 1.165) is 36.7 Å². The molecule has 2 rings (SSSR count). The SMILES string of the molecule is Cc1cc(C)c(CNC(C)C)c(OCC2CCCCO2)n1. The highest BCUT2D eigenvalue weighted by Gasteiger charge is 2.17. The first-order valence-corrected chi connectivity index (χ1v) is 8.01. The number of rotatable bonds is 6. The topological polar surface area (TPSA) is 43.4 Å². The van der Waals surface area contributed by atoms with Crippen LogP contribution in [0.1, 0.15) is 49.9 Å². The lowest BCUT2D eigenvalue weighted by Gasteiger charge is -2.23. The van der Waals surface area contributed by atoms with Crippen LogP contribution in [0.5, 0.6) is 5.88 Å². The summed E-state index contributed by atoms with van der Waals surface area (Å²) >= 11 is 0. The zero-order valence-corrected chi connectivity index (χ0v) is 13.7. The Morgan fingerprint density at radius 1 is 1.38 bits per heavy atom. The molecule has 1 saturated heterocycles. The lowest BCUT2D eigenvalue weighted by atomic mass is 10.1. The van der Waals surface area contributed by atoms with Gasteiger partial charge in [-0.05, 0) is 44.7 Å². The van der Waals surface area contributed by atoms with Crippen molar-refractivity contribution in [2.75, 3.05) is 13.2 Å². The molecule has 1 aromatic heterocycles. The van der Waals surface area contributed by atoms with E-state index in [0.29, 0.717) is 12.6 Å². The normalized spacial score (nSPS) is 19.0. The van der Waals surface area contributed by atoms with Crippen LogP contribution in [0.2, 0.25) is 0 Å². The van der Waals surface area contributed by atoms with E-state index < -0.39 is 0 Å². The highest BCUT2D eigenvalue weighted by atomic mass is 16.5. The van der Waals surface area contributed by atoms with Crippen molar-refractivity contribution < 1.29 is 9.47 Å². The molecule has 1 unspecified atom stereocenters. The summed E-state index contributed by atoms with van der Waals surface area (Å²) in [6, 6.07) is 2.56. The molecular weight excluding hydrogens is 264 g/mol. The van der Waals surface area contributed by atoms with Crippen molar-refractivity contribution in [3.63, 3.8) is 0 Å². The highest BCUT2D eigenvalue weighted by molar-refractivity contribution is 5.35. The van der Waals surface area contributed by atoms with Crippen LogP contribution in [-0.2, 0) is 11.3 Å². The maximum Gasteiger partial charge on any atom is 0.218 e. The number of nitrogens with one attached hydrogen (secondary N) is 1. The molecule has 2 heterocycles. The van der Waals surface area contributed by atoms with Crippen molar-refractivity contribution in [3.05, 3.63) is 22.9 Å². The minimum atomic E-state index is 0.215. The number of pyridine rings is 1. The molecule has 0 aliphatic carbocycles. The van der Waals surface area contributed by atoms with Crippen LogP contribution >= 0.6 is 0 Å². The van der Waals surface area contributed by atoms with Crippen molar-refractivity contribution >= 4 is 0 Å². The molecule has 1 N–H and O–H groups in total. The highest BCUT2D eigenvalue weighted by Crippen LogP contribution is 2.22. The van der Waals surface area contributed by atoms with Gasteiger partial charge in [0.05, 0.1) is 6.10 Å². The lowest BCUT2D eigenvalue weighted by Crippen LogP contribution is -2.27. The Balaban J connectivity index is 2.04. The Morgan fingerprint density at radius 2 is 2.19 bits per heavy atom. The van der Waals surface area contributed by atoms with Gasteiger partial charge in [0.2, 0.25) is 5.88 Å². The van der Waals surface area contributed by atoms with Gasteiger partial charge in [0.25, 0.3) is 0 Å². The summed E-state index contributed by atoms with van der Waals surface area (Å²) in [6.07, 6.45) is 3.70. The van der Waals surface area contributed by atoms with Gasteiger partial charge in [-0.3, -0.25) is 0 Å². The molecular formula is C17H28N2O2. The largest absolute Gasteiger partial charge is 0.475 e. The van der Waals surface area contributed by atoms with Gasteiger partial charge in [0.1, 0.15) is 6.61 Å². The van der Waals surface area contributed by atoms with E-state index in [4.69, 9.17) is 9.47 Å². The Hall–Kier alpha value is -1.13. The van der Waals surface area contributed by atoms with E-state index in [1.54, 1.807) is 0 Å². The summed E-state index contributed by atoms with van der Waals surface area (Å²) in [6.45, 7) is 10.7. The number of aromatic nitrogens is 1. The van der Waals surface area contributed by atoms with E-state index in [-0.39, 0.29) is 6.10 Å². The van der Waals surface area contributed by atoms with Crippen LogP contribution in [0.25, 0.3) is 0 Å². The monoisotopic (exact) mass is 292 g/mol. The Bertz CT molecular complexity index is 454. The van der Waals surface area contributed by atoms with Gasteiger partial charge in [0, 0.05) is 30.5 Å². The van der Waals surface area contributed by atoms with Gasteiger partial charge in [-0.2, -0.15) is 0 Å². The fourth-order valence-corrected chi connectivity index (χ4v) is 2.58. The summed E-state index contributed by atoms with van der Waals surface area (Å²) in [5.74, 6) is 0.759. The quantitative estimate of drug-likeness (QED) is 0.874. The third-order valence-corrected chi connectivity index (χ3v) is 3.80. The van der Waals surface area contributed by atoms with Gasteiger partial charge in [-0.1, -0.05) is 13.8 Å². The average molecular weight is 292 g/mol. The molecule has 118 valence electrons. The molecule has 1 fully saturated rings. The first-order valence-electron chi connectivity index (χ1n) is 8.01. The van der Waals surface area contributed by atoms with E-state index in [9.17, 15) is 0 Å². The fraction of sp³-hybridized carbons (Fsp3) is 0.706. The second-order valence-corrected chi connectivity index (χ2v) is 6.20. The number of aryl methyl sites for hydroxylation is 2. The molecule has 1 aromatic rings. The lowest BCUT2D eigenvalue weighted by molar-refractivity contribution is -0.0122. The Labute approximate surface area is 128 Å². The van der Waals surface area contributed by atoms with Crippen LogP contribution in [-0.4, -0.2) is 30.3 Å². The van der Waals surface area contributed by atoms with Crippen molar-refractivity contribution in [2.45, 2.75) is 65.6 Å². The van der Waals surface area contributed by atoms with E-state index in [2.05, 4.69) is 37.1 Å². The molecule has 1 aliphatic heterocycles. The van der Waals surface area contributed by atoms with Crippen molar-refractivity contribution in [3.8, 4) is 5.88 Å². The molecule has 1 aliphatic rings. The zero-order valence-electron chi connectivity index (χ0n) is 13.7. The maximum atomic E-state index is 5.99. The maximum absolute atomic E-state index is 5.99. The summed E-state index contributed by atoms with van der Waals surface area (Å²) in [5.41, 5.74) is 3.39. The molecule has 0 saturated carbocycles. The minimum Gasteiger partial charge on any atom is -0.475 e. The molecule has 0 amide bonds. The van der Waals surface area contributed by atoms with Crippen LogP contribution in [0.15, 0.2) is 6.07 Å². The zero-order chi connectivity index (χ0) is 15.2. The number of hydrogen-bond acceptors (Lipinski definition) is 4. The van der Waals surface area contributed by atoms with Crippen molar-refractivity contribution in [2.24, 2.45) is 0 Å². The molecule has 4 nitrogen and oxygen atoms in total. The van der Waals surface area contributed by atoms with Crippen molar-refractivity contribution in [1.29, 1.82) is 0 Å². The van der Waals surface area contributed by atoms with Gasteiger partial charge >= 0.3 is 0 Å². The Morgan fingerprint density at radius 3 is 2.86 bits per heavy atom. The number of hydrogen-bond donors (Lipinski definition) is 1. The Kier molecular flexibility index (Phi) is 6.00. The van der Waals surface area contributed by atoms with Crippen LogP contribution in [0.3, 0.4) is 0 Å². The summed E-state index contributed by atoms with van der Waals surface area (Å²) in [7, 11) is 0. The third-order valence-electron chi connectivity index (χ3n) is 3.80. The van der Waals surface area contributed by atoms with E-state index in [1.807, 2.05) is 6.92 Å². The second-order valence-electron chi connectivity index (χ2n) is 6.20. The van der Waals surface area contributed by atoms with Gasteiger partial charge < -0.3 is 14.8 Å². The van der Waals surface area contributed by atoms with Gasteiger partial charge in [-0.15, -0.1) is 0 Å². The molecule has 4 heteroatoms. The smallest absolute Gasteiger partial charge is 0.218 e. The van der Waals surface area contributed by atoms with Crippen LogP contribution in [0, 0.1) is 13.8 Å². The van der Waals surface area contributed by atoms with Crippen molar-refractivity contribution in [1.82, 2.24) is 10.3 Å². The predicted octanol–water partition coefficient (Wildman–Crippen LogP) is 3.14. The number of nitrogens with zero attached hydrogens (tertiary/aromatic N) is 1. The molecule has 0 radical (unpaired) electrons. The summed E-state index contributed by atoms with van der Waals surface area (Å²) in [5, 5.41) is 3.45. The van der Waals surface area contributed by atoms with Crippen LogP contribution < -0.4 is 10.1 Å². The fourth-order valence-electron chi connectivity index (χ4n) is 2.58. The van der Waals surface area contributed by atoms with Gasteiger partial charge in [0.15, 0.2) is 0 Å². The first kappa shape index (κ1) is 16.2. The van der Waals surface area contributed by atoms with E-state index in [1.165, 1.54) is 18.4 Å². The van der Waals surface area contributed by atoms with Gasteiger partial charge in [-0.25, -0.2) is 4.98 Å².